The minimum atomic E-state index is -3.16. The Bertz CT molecular complexity index is 792. The molecular weight excluding hydrogens is 351 g/mol. The molecule has 2 fully saturated rings. The van der Waals surface area contributed by atoms with Gasteiger partial charge in [-0.2, -0.15) is 4.99 Å². The Morgan fingerprint density at radius 1 is 1.38 bits per heavy atom. The molecular formula is C16H19FN2O3S2. The van der Waals surface area contributed by atoms with Crippen molar-refractivity contribution in [2.45, 2.75) is 31.6 Å². The fourth-order valence-electron chi connectivity index (χ4n) is 2.99. The third-order valence-corrected chi connectivity index (χ3v) is 7.19. The smallest absolute Gasteiger partial charge is 0.248 e. The SMILES string of the molecule is CC(C)CC(=O)N=C1S[C@@H]2CS(=O)(=O)C[C@H]2N1c1ccccc1F. The molecule has 0 aliphatic carbocycles. The molecule has 1 aromatic rings. The number of halogens is 1. The first-order chi connectivity index (χ1) is 11.3. The third-order valence-electron chi connectivity index (χ3n) is 3.98. The molecule has 0 N–H and O–H groups in total. The lowest BCUT2D eigenvalue weighted by molar-refractivity contribution is -0.118. The molecule has 2 saturated heterocycles. The third kappa shape index (κ3) is 3.49. The molecule has 2 aliphatic rings. The number of thioether (sulfide) groups is 1. The summed E-state index contributed by atoms with van der Waals surface area (Å²) in [5, 5.41) is 0.177. The average Bonchev–Trinajstić information content (AvgIpc) is 2.90. The summed E-state index contributed by atoms with van der Waals surface area (Å²) in [6, 6.07) is 5.79. The van der Waals surface area contributed by atoms with Gasteiger partial charge < -0.3 is 4.90 Å². The molecule has 0 saturated carbocycles. The van der Waals surface area contributed by atoms with E-state index in [9.17, 15) is 17.6 Å². The lowest BCUT2D eigenvalue weighted by Gasteiger charge is -2.24. The predicted octanol–water partition coefficient (Wildman–Crippen LogP) is 2.47. The van der Waals surface area contributed by atoms with Crippen molar-refractivity contribution in [2.75, 3.05) is 16.4 Å². The zero-order valence-corrected chi connectivity index (χ0v) is 15.1. The normalized spacial score (nSPS) is 27.0. The van der Waals surface area contributed by atoms with Crippen molar-refractivity contribution in [3.8, 4) is 0 Å². The van der Waals surface area contributed by atoms with E-state index in [1.807, 2.05) is 13.8 Å². The molecule has 0 unspecified atom stereocenters. The second kappa shape index (κ2) is 6.48. The Labute approximate surface area is 145 Å². The number of sulfone groups is 1. The number of nitrogens with zero attached hydrogens (tertiary/aromatic N) is 2. The number of fused-ring (bicyclic) bond motifs is 1. The number of para-hydroxylation sites is 1. The van der Waals surface area contributed by atoms with E-state index in [-0.39, 0.29) is 40.3 Å². The van der Waals surface area contributed by atoms with Gasteiger partial charge in [0.05, 0.1) is 23.2 Å². The molecule has 130 valence electrons. The topological polar surface area (TPSA) is 66.8 Å². The molecule has 1 aromatic carbocycles. The van der Waals surface area contributed by atoms with Gasteiger partial charge in [-0.05, 0) is 18.1 Å². The fraction of sp³-hybridized carbons (Fsp3) is 0.500. The Hall–Kier alpha value is -1.41. The van der Waals surface area contributed by atoms with Gasteiger partial charge in [0.1, 0.15) is 5.82 Å². The Balaban J connectivity index is 1.99. The highest BCUT2D eigenvalue weighted by Gasteiger charge is 2.49. The van der Waals surface area contributed by atoms with Crippen LogP contribution in [0.2, 0.25) is 0 Å². The first-order valence-electron chi connectivity index (χ1n) is 7.79. The second-order valence-electron chi connectivity index (χ2n) is 6.51. The summed E-state index contributed by atoms with van der Waals surface area (Å²) in [6.07, 6.45) is 0.308. The molecule has 2 aliphatic heterocycles. The maximum atomic E-state index is 14.3. The number of carbonyl (C=O) groups excluding carboxylic acids is 1. The van der Waals surface area contributed by atoms with Crippen LogP contribution < -0.4 is 4.90 Å². The zero-order chi connectivity index (χ0) is 17.5. The van der Waals surface area contributed by atoms with Gasteiger partial charge in [-0.25, -0.2) is 12.8 Å². The van der Waals surface area contributed by atoms with Crippen LogP contribution in [0.5, 0.6) is 0 Å². The van der Waals surface area contributed by atoms with E-state index < -0.39 is 15.7 Å². The summed E-state index contributed by atoms with van der Waals surface area (Å²) in [6.45, 7) is 3.85. The summed E-state index contributed by atoms with van der Waals surface area (Å²) in [7, 11) is -3.16. The summed E-state index contributed by atoms with van der Waals surface area (Å²) in [5.74, 6) is -0.556. The number of amides is 1. The van der Waals surface area contributed by atoms with E-state index in [1.165, 1.54) is 17.8 Å². The van der Waals surface area contributed by atoms with Crippen molar-refractivity contribution in [1.82, 2.24) is 0 Å². The van der Waals surface area contributed by atoms with Gasteiger partial charge in [0.15, 0.2) is 15.0 Å². The minimum Gasteiger partial charge on any atom is -0.313 e. The van der Waals surface area contributed by atoms with Crippen molar-refractivity contribution in [2.24, 2.45) is 10.9 Å². The summed E-state index contributed by atoms with van der Waals surface area (Å²) in [5.41, 5.74) is 0.269. The maximum absolute atomic E-state index is 14.3. The van der Waals surface area contributed by atoms with Crippen molar-refractivity contribution in [3.05, 3.63) is 30.1 Å². The number of anilines is 1. The number of aliphatic imine (C=N–C) groups is 1. The summed E-state index contributed by atoms with van der Waals surface area (Å²) < 4.78 is 38.2. The van der Waals surface area contributed by atoms with Crippen LogP contribution in [0.15, 0.2) is 29.3 Å². The van der Waals surface area contributed by atoms with Gasteiger partial charge in [0.2, 0.25) is 5.91 Å². The van der Waals surface area contributed by atoms with E-state index >= 15 is 0 Å². The predicted molar refractivity (Wildman–Crippen MR) is 94.6 cm³/mol. The average molecular weight is 370 g/mol. The van der Waals surface area contributed by atoms with E-state index in [0.717, 1.165) is 0 Å². The Morgan fingerprint density at radius 2 is 2.08 bits per heavy atom. The first-order valence-corrected chi connectivity index (χ1v) is 10.5. The lowest BCUT2D eigenvalue weighted by atomic mass is 10.1. The van der Waals surface area contributed by atoms with E-state index in [1.54, 1.807) is 23.1 Å². The largest absolute Gasteiger partial charge is 0.313 e. The van der Waals surface area contributed by atoms with Crippen LogP contribution in [0.1, 0.15) is 20.3 Å². The molecule has 2 heterocycles. The fourth-order valence-corrected chi connectivity index (χ4v) is 6.92. The van der Waals surface area contributed by atoms with Crippen LogP contribution in [0.3, 0.4) is 0 Å². The zero-order valence-electron chi connectivity index (χ0n) is 13.5. The van der Waals surface area contributed by atoms with Crippen LogP contribution in [0, 0.1) is 11.7 Å². The van der Waals surface area contributed by atoms with E-state index in [4.69, 9.17) is 0 Å². The van der Waals surface area contributed by atoms with Gasteiger partial charge in [-0.15, -0.1) is 0 Å². The lowest BCUT2D eigenvalue weighted by Crippen LogP contribution is -2.38. The molecule has 1 amide bonds. The summed E-state index contributed by atoms with van der Waals surface area (Å²) in [4.78, 5) is 17.8. The Kier molecular flexibility index (Phi) is 4.70. The van der Waals surface area contributed by atoms with Gasteiger partial charge in [-0.1, -0.05) is 37.7 Å². The molecule has 0 bridgehead atoms. The molecule has 0 aromatic heterocycles. The molecule has 0 radical (unpaired) electrons. The number of hydrogen-bond acceptors (Lipinski definition) is 4. The molecule has 5 nitrogen and oxygen atoms in total. The number of rotatable bonds is 3. The quantitative estimate of drug-likeness (QED) is 0.818. The van der Waals surface area contributed by atoms with Crippen LogP contribution in [0.25, 0.3) is 0 Å². The number of amidine groups is 1. The highest BCUT2D eigenvalue weighted by molar-refractivity contribution is 8.16. The van der Waals surface area contributed by atoms with E-state index in [0.29, 0.717) is 11.6 Å². The van der Waals surface area contributed by atoms with Gasteiger partial charge in [0, 0.05) is 11.7 Å². The van der Waals surface area contributed by atoms with Gasteiger partial charge in [0.25, 0.3) is 0 Å². The standard InChI is InChI=1S/C16H19FN2O3S2/c1-10(2)7-15(20)18-16-19(12-6-4-3-5-11(12)17)13-8-24(21,22)9-14(13)23-16/h3-6,10,13-14H,7-9H2,1-2H3/t13-,14-/m1/s1. The minimum absolute atomic E-state index is 0.0324. The van der Waals surface area contributed by atoms with Crippen molar-refractivity contribution in [3.63, 3.8) is 0 Å². The first kappa shape index (κ1) is 17.4. The highest BCUT2D eigenvalue weighted by atomic mass is 32.2. The highest BCUT2D eigenvalue weighted by Crippen LogP contribution is 2.41. The van der Waals surface area contributed by atoms with Crippen LogP contribution in [0.4, 0.5) is 10.1 Å². The molecule has 24 heavy (non-hydrogen) atoms. The summed E-state index contributed by atoms with van der Waals surface area (Å²) >= 11 is 1.26. The van der Waals surface area contributed by atoms with E-state index in [2.05, 4.69) is 4.99 Å². The van der Waals surface area contributed by atoms with Crippen molar-refractivity contribution < 1.29 is 17.6 Å². The van der Waals surface area contributed by atoms with Crippen molar-refractivity contribution >= 4 is 38.4 Å². The number of benzene rings is 1. The van der Waals surface area contributed by atoms with Crippen LogP contribution in [-0.4, -0.2) is 42.3 Å². The van der Waals surface area contributed by atoms with Gasteiger partial charge >= 0.3 is 0 Å². The maximum Gasteiger partial charge on any atom is 0.248 e. The molecule has 0 spiro atoms. The Morgan fingerprint density at radius 3 is 2.75 bits per heavy atom. The number of carbonyl (C=O) groups is 1. The molecule has 8 heteroatoms. The van der Waals surface area contributed by atoms with Gasteiger partial charge in [-0.3, -0.25) is 4.79 Å². The van der Waals surface area contributed by atoms with Crippen LogP contribution in [-0.2, 0) is 14.6 Å². The second-order valence-corrected chi connectivity index (χ2v) is 9.87. The van der Waals surface area contributed by atoms with Crippen LogP contribution >= 0.6 is 11.8 Å². The number of hydrogen-bond donors (Lipinski definition) is 0. The monoisotopic (exact) mass is 370 g/mol. The van der Waals surface area contributed by atoms with Crippen molar-refractivity contribution in [1.29, 1.82) is 0 Å². The molecule has 2 atom stereocenters. The molecule has 3 rings (SSSR count).